The van der Waals surface area contributed by atoms with Crippen molar-refractivity contribution in [3.05, 3.63) is 0 Å². The van der Waals surface area contributed by atoms with Crippen LogP contribution in [0.15, 0.2) is 0 Å². The molecular formula is C11H16N2O4. The number of carbonyl (C=O) groups excluding carboxylic acids is 2. The van der Waals surface area contributed by atoms with E-state index in [1.165, 1.54) is 0 Å². The van der Waals surface area contributed by atoms with Crippen molar-refractivity contribution in [3.63, 3.8) is 0 Å². The third kappa shape index (κ3) is 1.55. The second-order valence-electron chi connectivity index (χ2n) is 5.10. The Morgan fingerprint density at radius 1 is 1.41 bits per heavy atom. The van der Waals surface area contributed by atoms with E-state index in [-0.39, 0.29) is 30.1 Å². The van der Waals surface area contributed by atoms with Crippen LogP contribution in [0.3, 0.4) is 0 Å². The second-order valence-corrected chi connectivity index (χ2v) is 5.10. The molecule has 3 fully saturated rings. The lowest BCUT2D eigenvalue weighted by atomic mass is 9.95. The molecule has 4 atom stereocenters. The van der Waals surface area contributed by atoms with Gasteiger partial charge in [-0.2, -0.15) is 0 Å². The maximum atomic E-state index is 12.3. The summed E-state index contributed by atoms with van der Waals surface area (Å²) >= 11 is 0. The minimum atomic E-state index is -0.517. The number of nitrogens with zero attached hydrogens (tertiary/aromatic N) is 1. The molecule has 2 amide bonds. The summed E-state index contributed by atoms with van der Waals surface area (Å²) in [6.45, 7) is 4.60. The largest absolute Gasteiger partial charge is 0.348 e. The van der Waals surface area contributed by atoms with Gasteiger partial charge in [0.2, 0.25) is 11.8 Å². The number of piperazine rings is 1. The first-order chi connectivity index (χ1) is 8.08. The van der Waals surface area contributed by atoms with Crippen molar-refractivity contribution in [2.75, 3.05) is 13.2 Å². The van der Waals surface area contributed by atoms with E-state index in [0.29, 0.717) is 13.2 Å². The van der Waals surface area contributed by atoms with Crippen molar-refractivity contribution >= 4 is 11.8 Å². The van der Waals surface area contributed by atoms with E-state index >= 15 is 0 Å². The van der Waals surface area contributed by atoms with Crippen LogP contribution in [0, 0.1) is 5.92 Å². The molecule has 3 aliphatic heterocycles. The Morgan fingerprint density at radius 3 is 2.88 bits per heavy atom. The molecule has 2 bridgehead atoms. The molecule has 0 radical (unpaired) electrons. The molecule has 0 aromatic heterocycles. The first-order valence-corrected chi connectivity index (χ1v) is 5.96. The lowest BCUT2D eigenvalue weighted by molar-refractivity contribution is -0.176. The molecule has 0 saturated carbocycles. The Kier molecular flexibility index (Phi) is 2.38. The zero-order valence-corrected chi connectivity index (χ0v) is 9.88. The number of hydrogen-bond donors (Lipinski definition) is 1. The summed E-state index contributed by atoms with van der Waals surface area (Å²) in [4.78, 5) is 25.9. The van der Waals surface area contributed by atoms with E-state index in [0.717, 1.165) is 0 Å². The van der Waals surface area contributed by atoms with Crippen LogP contribution in [-0.2, 0) is 19.1 Å². The minimum absolute atomic E-state index is 0.0200. The van der Waals surface area contributed by atoms with Crippen LogP contribution < -0.4 is 5.32 Å². The summed E-state index contributed by atoms with van der Waals surface area (Å²) in [5.74, 6) is -0.0560. The van der Waals surface area contributed by atoms with Gasteiger partial charge in [-0.3, -0.25) is 9.59 Å². The van der Waals surface area contributed by atoms with Crippen molar-refractivity contribution in [3.8, 4) is 0 Å². The lowest BCUT2D eigenvalue weighted by Gasteiger charge is -2.44. The SMILES string of the molecule is CC(C)[C@H]1NC(=O)[C@@H]2[C@@H]3CO[C@H](CN2C1=O)O3. The fraction of sp³-hybridized carbons (Fsp3) is 0.818. The summed E-state index contributed by atoms with van der Waals surface area (Å²) < 4.78 is 10.9. The standard InChI is InChI=1S/C11H16N2O4/c1-5(2)8-11(15)13-3-7-16-4-6(17-7)9(13)10(14)12-8/h5-9H,3-4H2,1-2H3,(H,12,14)/t6-,7-,8+,9-/m0/s1. The van der Waals surface area contributed by atoms with Crippen molar-refractivity contribution in [2.24, 2.45) is 5.92 Å². The van der Waals surface area contributed by atoms with Gasteiger partial charge in [0.25, 0.3) is 0 Å². The maximum Gasteiger partial charge on any atom is 0.246 e. The van der Waals surface area contributed by atoms with Gasteiger partial charge >= 0.3 is 0 Å². The zero-order chi connectivity index (χ0) is 12.2. The van der Waals surface area contributed by atoms with Gasteiger partial charge in [-0.15, -0.1) is 0 Å². The van der Waals surface area contributed by atoms with Gasteiger partial charge in [0, 0.05) is 0 Å². The van der Waals surface area contributed by atoms with Crippen LogP contribution in [0.5, 0.6) is 0 Å². The van der Waals surface area contributed by atoms with E-state index in [1.807, 2.05) is 13.8 Å². The Balaban J connectivity index is 1.89. The number of morpholine rings is 1. The van der Waals surface area contributed by atoms with Gasteiger partial charge in [-0.25, -0.2) is 0 Å². The van der Waals surface area contributed by atoms with Crippen LogP contribution in [0.4, 0.5) is 0 Å². The van der Waals surface area contributed by atoms with Gasteiger partial charge in [0.15, 0.2) is 6.29 Å². The molecule has 3 heterocycles. The van der Waals surface area contributed by atoms with E-state index in [1.54, 1.807) is 4.90 Å². The van der Waals surface area contributed by atoms with Crippen molar-refractivity contribution in [2.45, 2.75) is 38.3 Å². The number of fused-ring (bicyclic) bond motifs is 4. The predicted octanol–water partition coefficient (Wildman–Crippen LogP) is -0.907. The first kappa shape index (κ1) is 11.0. The summed E-state index contributed by atoms with van der Waals surface area (Å²) in [5, 5.41) is 2.78. The minimum Gasteiger partial charge on any atom is -0.348 e. The predicted molar refractivity (Wildman–Crippen MR) is 56.9 cm³/mol. The molecule has 0 unspecified atom stereocenters. The fourth-order valence-electron chi connectivity index (χ4n) is 2.68. The van der Waals surface area contributed by atoms with Crippen molar-refractivity contribution in [1.29, 1.82) is 0 Å². The Labute approximate surface area is 99.2 Å². The Bertz CT molecular complexity index is 370. The molecule has 94 valence electrons. The summed E-state index contributed by atoms with van der Waals surface area (Å²) in [6.07, 6.45) is -0.676. The van der Waals surface area contributed by atoms with Gasteiger partial charge < -0.3 is 19.7 Å². The monoisotopic (exact) mass is 240 g/mol. The first-order valence-electron chi connectivity index (χ1n) is 5.96. The van der Waals surface area contributed by atoms with Crippen LogP contribution in [-0.4, -0.2) is 54.3 Å². The highest BCUT2D eigenvalue weighted by Crippen LogP contribution is 2.29. The van der Waals surface area contributed by atoms with Crippen LogP contribution >= 0.6 is 0 Å². The number of nitrogens with one attached hydrogen (secondary N) is 1. The number of carbonyl (C=O) groups is 2. The molecule has 3 saturated heterocycles. The molecule has 0 aromatic rings. The van der Waals surface area contributed by atoms with Crippen molar-refractivity contribution in [1.82, 2.24) is 10.2 Å². The summed E-state index contributed by atoms with van der Waals surface area (Å²) in [6, 6.07) is -0.938. The maximum absolute atomic E-state index is 12.3. The van der Waals surface area contributed by atoms with E-state index in [4.69, 9.17) is 9.47 Å². The molecule has 1 N–H and O–H groups in total. The molecule has 6 nitrogen and oxygen atoms in total. The third-order valence-electron chi connectivity index (χ3n) is 3.59. The number of amides is 2. The van der Waals surface area contributed by atoms with Crippen LogP contribution in [0.25, 0.3) is 0 Å². The molecule has 6 heteroatoms. The molecule has 0 aromatic carbocycles. The van der Waals surface area contributed by atoms with Gasteiger partial charge in [0.1, 0.15) is 18.2 Å². The number of ether oxygens (including phenoxy) is 2. The topological polar surface area (TPSA) is 67.9 Å². The third-order valence-corrected chi connectivity index (χ3v) is 3.59. The quantitative estimate of drug-likeness (QED) is 0.644. The Morgan fingerprint density at radius 2 is 2.18 bits per heavy atom. The second kappa shape index (κ2) is 3.68. The lowest BCUT2D eigenvalue weighted by Crippen LogP contribution is -2.70. The smallest absolute Gasteiger partial charge is 0.246 e. The van der Waals surface area contributed by atoms with Crippen LogP contribution in [0.1, 0.15) is 13.8 Å². The normalized spacial score (nSPS) is 40.5. The molecular weight excluding hydrogens is 224 g/mol. The average molecular weight is 240 g/mol. The average Bonchev–Trinajstić information content (AvgIpc) is 2.65. The number of hydrogen-bond acceptors (Lipinski definition) is 4. The summed E-state index contributed by atoms with van der Waals surface area (Å²) in [5.41, 5.74) is 0. The van der Waals surface area contributed by atoms with Crippen molar-refractivity contribution < 1.29 is 19.1 Å². The van der Waals surface area contributed by atoms with Crippen LogP contribution in [0.2, 0.25) is 0 Å². The molecule has 0 spiro atoms. The number of rotatable bonds is 1. The van der Waals surface area contributed by atoms with Gasteiger partial charge in [0.05, 0.1) is 13.2 Å². The fourth-order valence-corrected chi connectivity index (χ4v) is 2.68. The van der Waals surface area contributed by atoms with E-state index in [2.05, 4.69) is 5.32 Å². The molecule has 3 aliphatic rings. The zero-order valence-electron chi connectivity index (χ0n) is 9.88. The molecule has 17 heavy (non-hydrogen) atoms. The molecule has 0 aliphatic carbocycles. The highest BCUT2D eigenvalue weighted by molar-refractivity contribution is 5.97. The van der Waals surface area contributed by atoms with E-state index in [9.17, 15) is 9.59 Å². The highest BCUT2D eigenvalue weighted by atomic mass is 16.7. The van der Waals surface area contributed by atoms with Gasteiger partial charge in [-0.1, -0.05) is 13.8 Å². The highest BCUT2D eigenvalue weighted by Gasteiger charge is 2.52. The molecule has 3 rings (SSSR count). The Hall–Kier alpha value is -1.14. The van der Waals surface area contributed by atoms with Gasteiger partial charge in [-0.05, 0) is 5.92 Å². The summed E-state index contributed by atoms with van der Waals surface area (Å²) in [7, 11) is 0. The van der Waals surface area contributed by atoms with E-state index < -0.39 is 12.1 Å².